The lowest BCUT2D eigenvalue weighted by molar-refractivity contribution is -0.149. The lowest BCUT2D eigenvalue weighted by Gasteiger charge is -2.28. The third-order valence-electron chi connectivity index (χ3n) is 3.40. The van der Waals surface area contributed by atoms with Crippen molar-refractivity contribution >= 4 is 11.9 Å². The Balaban J connectivity index is 2.38. The van der Waals surface area contributed by atoms with E-state index in [4.69, 9.17) is 5.11 Å². The third kappa shape index (κ3) is 2.62. The molecule has 20 heavy (non-hydrogen) atoms. The normalized spacial score (nSPS) is 20.8. The number of nitrogens with zero attached hydrogens (tertiary/aromatic N) is 1. The fourth-order valence-corrected chi connectivity index (χ4v) is 2.52. The zero-order valence-corrected chi connectivity index (χ0v) is 10.4. The summed E-state index contributed by atoms with van der Waals surface area (Å²) in [5, 5.41) is 18.4. The van der Waals surface area contributed by atoms with Gasteiger partial charge in [0.05, 0.1) is 0 Å². The summed E-state index contributed by atoms with van der Waals surface area (Å²) >= 11 is 0. The number of aliphatic carboxylic acids is 2. The van der Waals surface area contributed by atoms with Gasteiger partial charge in [-0.2, -0.15) is 0 Å². The van der Waals surface area contributed by atoms with Gasteiger partial charge in [0.2, 0.25) is 0 Å². The second kappa shape index (κ2) is 5.54. The van der Waals surface area contributed by atoms with Gasteiger partial charge in [0.1, 0.15) is 12.1 Å². The smallest absolute Gasteiger partial charge is 0.325 e. The zero-order valence-electron chi connectivity index (χ0n) is 10.4. The Labute approximate surface area is 113 Å². The first-order valence-corrected chi connectivity index (χ1v) is 6.08. The van der Waals surface area contributed by atoms with Crippen LogP contribution in [0.2, 0.25) is 0 Å². The van der Waals surface area contributed by atoms with Crippen molar-refractivity contribution in [2.45, 2.75) is 24.9 Å². The minimum Gasteiger partial charge on any atom is -0.480 e. The molecule has 5 nitrogen and oxygen atoms in total. The topological polar surface area (TPSA) is 77.8 Å². The molecule has 0 saturated carbocycles. The molecule has 0 bridgehead atoms. The maximum atomic E-state index is 13.2. The van der Waals surface area contributed by atoms with Crippen LogP contribution in [0.3, 0.4) is 0 Å². The first kappa shape index (κ1) is 14.4. The number of hydrogen-bond acceptors (Lipinski definition) is 3. The van der Waals surface area contributed by atoms with Crippen molar-refractivity contribution in [2.24, 2.45) is 0 Å². The number of carboxylic acids is 2. The van der Waals surface area contributed by atoms with Crippen molar-refractivity contribution in [1.82, 2.24) is 4.90 Å². The average molecular weight is 285 g/mol. The second-order valence-electron chi connectivity index (χ2n) is 4.65. The standard InChI is InChI=1S/C13H13F2NO4/c14-8-4-3-7(6-9(8)15)11(13(19)20)16-5-1-2-10(16)12(17)18/h3-4,6,10-11H,1-2,5H2,(H,17,18)(H,19,20). The van der Waals surface area contributed by atoms with Gasteiger partial charge in [-0.25, -0.2) is 8.78 Å². The molecule has 0 aromatic heterocycles. The molecule has 2 unspecified atom stereocenters. The van der Waals surface area contributed by atoms with Crippen LogP contribution in [0.1, 0.15) is 24.4 Å². The van der Waals surface area contributed by atoms with Crippen molar-refractivity contribution in [3.63, 3.8) is 0 Å². The largest absolute Gasteiger partial charge is 0.480 e. The number of rotatable bonds is 4. The summed E-state index contributed by atoms with van der Waals surface area (Å²) in [5.74, 6) is -4.63. The van der Waals surface area contributed by atoms with Gasteiger partial charge in [-0.1, -0.05) is 6.07 Å². The minimum absolute atomic E-state index is 0.0320. The summed E-state index contributed by atoms with van der Waals surface area (Å²) in [6.45, 7) is 0.285. The SMILES string of the molecule is O=C(O)C1CCCN1C(C(=O)O)c1ccc(F)c(F)c1. The van der Waals surface area contributed by atoms with E-state index in [1.54, 1.807) is 0 Å². The maximum absolute atomic E-state index is 13.2. The Morgan fingerprint density at radius 1 is 1.25 bits per heavy atom. The van der Waals surface area contributed by atoms with Crippen molar-refractivity contribution in [1.29, 1.82) is 0 Å². The lowest BCUT2D eigenvalue weighted by atomic mass is 10.0. The van der Waals surface area contributed by atoms with Gasteiger partial charge in [-0.05, 0) is 30.5 Å². The molecule has 1 saturated heterocycles. The summed E-state index contributed by atoms with van der Waals surface area (Å²) in [5.41, 5.74) is 0.0320. The molecule has 1 heterocycles. The molecular weight excluding hydrogens is 272 g/mol. The van der Waals surface area contributed by atoms with Gasteiger partial charge in [0.15, 0.2) is 11.6 Å². The molecule has 1 fully saturated rings. The fourth-order valence-electron chi connectivity index (χ4n) is 2.52. The molecule has 2 rings (SSSR count). The van der Waals surface area contributed by atoms with Crippen LogP contribution in [0.25, 0.3) is 0 Å². The van der Waals surface area contributed by atoms with Crippen molar-refractivity contribution in [3.8, 4) is 0 Å². The van der Waals surface area contributed by atoms with Crippen LogP contribution in [-0.2, 0) is 9.59 Å². The predicted octanol–water partition coefficient (Wildman–Crippen LogP) is 1.64. The summed E-state index contributed by atoms with van der Waals surface area (Å²) in [4.78, 5) is 23.8. The predicted molar refractivity (Wildman–Crippen MR) is 64.1 cm³/mol. The van der Waals surface area contributed by atoms with E-state index in [-0.39, 0.29) is 12.1 Å². The minimum atomic E-state index is -1.30. The van der Waals surface area contributed by atoms with Crippen LogP contribution < -0.4 is 0 Å². The highest BCUT2D eigenvalue weighted by atomic mass is 19.2. The molecule has 0 aliphatic carbocycles. The van der Waals surface area contributed by atoms with Crippen LogP contribution in [0.5, 0.6) is 0 Å². The number of carboxylic acid groups (broad SMARTS) is 2. The van der Waals surface area contributed by atoms with E-state index in [0.717, 1.165) is 18.2 Å². The maximum Gasteiger partial charge on any atom is 0.325 e. The van der Waals surface area contributed by atoms with Crippen LogP contribution in [0, 0.1) is 11.6 Å². The van der Waals surface area contributed by atoms with Crippen molar-refractivity contribution in [3.05, 3.63) is 35.4 Å². The first-order valence-electron chi connectivity index (χ1n) is 6.08. The summed E-state index contributed by atoms with van der Waals surface area (Å²) in [6.07, 6.45) is 0.882. The summed E-state index contributed by atoms with van der Waals surface area (Å²) < 4.78 is 26.2. The Morgan fingerprint density at radius 2 is 1.95 bits per heavy atom. The van der Waals surface area contributed by atoms with E-state index < -0.39 is 35.7 Å². The van der Waals surface area contributed by atoms with Crippen LogP contribution >= 0.6 is 0 Å². The third-order valence-corrected chi connectivity index (χ3v) is 3.40. The Morgan fingerprint density at radius 3 is 2.50 bits per heavy atom. The average Bonchev–Trinajstić information content (AvgIpc) is 2.82. The van der Waals surface area contributed by atoms with E-state index in [0.29, 0.717) is 12.8 Å². The molecule has 0 radical (unpaired) electrons. The first-order chi connectivity index (χ1) is 9.41. The van der Waals surface area contributed by atoms with Crippen LogP contribution in [0.4, 0.5) is 8.78 Å². The Hall–Kier alpha value is -2.02. The molecule has 1 aromatic carbocycles. The van der Waals surface area contributed by atoms with E-state index in [9.17, 15) is 23.5 Å². The number of halogens is 2. The van der Waals surface area contributed by atoms with Gasteiger partial charge in [-0.15, -0.1) is 0 Å². The highest BCUT2D eigenvalue weighted by molar-refractivity contribution is 5.79. The molecule has 1 aliphatic heterocycles. The van der Waals surface area contributed by atoms with E-state index in [2.05, 4.69) is 0 Å². The number of carbonyl (C=O) groups is 2. The monoisotopic (exact) mass is 285 g/mol. The molecule has 7 heteroatoms. The van der Waals surface area contributed by atoms with E-state index in [1.807, 2.05) is 0 Å². The van der Waals surface area contributed by atoms with Gasteiger partial charge >= 0.3 is 11.9 Å². The molecule has 108 valence electrons. The molecular formula is C13H13F2NO4. The highest BCUT2D eigenvalue weighted by Crippen LogP contribution is 2.30. The fraction of sp³-hybridized carbons (Fsp3) is 0.385. The Bertz CT molecular complexity index is 549. The molecule has 2 atom stereocenters. The van der Waals surface area contributed by atoms with Crippen molar-refractivity contribution in [2.75, 3.05) is 6.54 Å². The van der Waals surface area contributed by atoms with E-state index >= 15 is 0 Å². The highest BCUT2D eigenvalue weighted by Gasteiger charge is 2.39. The molecule has 1 aliphatic rings. The van der Waals surface area contributed by atoms with E-state index in [1.165, 1.54) is 4.90 Å². The van der Waals surface area contributed by atoms with Crippen molar-refractivity contribution < 1.29 is 28.6 Å². The van der Waals surface area contributed by atoms with Gasteiger partial charge in [0.25, 0.3) is 0 Å². The molecule has 1 aromatic rings. The molecule has 2 N–H and O–H groups in total. The van der Waals surface area contributed by atoms with Gasteiger partial charge in [0, 0.05) is 6.54 Å². The number of benzene rings is 1. The second-order valence-corrected chi connectivity index (χ2v) is 4.65. The summed E-state index contributed by atoms with van der Waals surface area (Å²) in [6, 6.07) is 0.574. The lowest BCUT2D eigenvalue weighted by Crippen LogP contribution is -2.41. The van der Waals surface area contributed by atoms with Gasteiger partial charge in [-0.3, -0.25) is 14.5 Å². The zero-order chi connectivity index (χ0) is 14.9. The quantitative estimate of drug-likeness (QED) is 0.879. The van der Waals surface area contributed by atoms with Crippen LogP contribution in [0.15, 0.2) is 18.2 Å². The number of hydrogen-bond donors (Lipinski definition) is 2. The van der Waals surface area contributed by atoms with Crippen LogP contribution in [-0.4, -0.2) is 39.6 Å². The number of likely N-dealkylation sites (tertiary alicyclic amines) is 1. The molecule has 0 amide bonds. The molecule has 0 spiro atoms. The summed E-state index contributed by atoms with van der Waals surface area (Å²) in [7, 11) is 0. The Kier molecular flexibility index (Phi) is 3.99. The van der Waals surface area contributed by atoms with Gasteiger partial charge < -0.3 is 10.2 Å².